The molecule has 3 nitrogen and oxygen atoms in total. The Morgan fingerprint density at radius 2 is 1.86 bits per heavy atom. The number of amides is 1. The molecule has 1 atom stereocenters. The third kappa shape index (κ3) is 3.50. The summed E-state index contributed by atoms with van der Waals surface area (Å²) in [6.45, 7) is 10.6. The fourth-order valence-electron chi connectivity index (χ4n) is 4.89. The van der Waals surface area contributed by atoms with Crippen molar-refractivity contribution >= 4 is 39.1 Å². The minimum atomic E-state index is -0.330. The number of hydrazine groups is 1. The largest absolute Gasteiger partial charge is 0.272 e. The summed E-state index contributed by atoms with van der Waals surface area (Å²) >= 11 is 3.72. The predicted octanol–water partition coefficient (Wildman–Crippen LogP) is 6.26. The standard InChI is InChI=1S/C23H32N2OS2/c1-5-6-13-23(4)25(21(26)22(2,3)28-23)24-14-11-17(12-15-24)19-16-27-20-10-8-7-9-18(19)20/h7-10,16-17H,5-6,11-15H2,1-4H3. The van der Waals surface area contributed by atoms with Gasteiger partial charge >= 0.3 is 0 Å². The van der Waals surface area contributed by atoms with Gasteiger partial charge in [-0.25, -0.2) is 5.01 Å². The Balaban J connectivity index is 1.51. The number of carbonyl (C=O) groups is 1. The van der Waals surface area contributed by atoms with Crippen LogP contribution in [0.25, 0.3) is 10.1 Å². The second-order valence-corrected chi connectivity index (χ2v) is 11.9. The van der Waals surface area contributed by atoms with E-state index in [0.29, 0.717) is 5.92 Å². The Morgan fingerprint density at radius 1 is 1.14 bits per heavy atom. The second-order valence-electron chi connectivity index (χ2n) is 8.92. The Morgan fingerprint density at radius 3 is 2.57 bits per heavy atom. The lowest BCUT2D eigenvalue weighted by Gasteiger charge is -2.45. The number of unbranched alkanes of at least 4 members (excludes halogenated alkanes) is 1. The van der Waals surface area contributed by atoms with Crippen molar-refractivity contribution < 1.29 is 4.79 Å². The van der Waals surface area contributed by atoms with Gasteiger partial charge < -0.3 is 0 Å². The maximum Gasteiger partial charge on any atom is 0.253 e. The first-order valence-electron chi connectivity index (χ1n) is 10.6. The molecule has 3 heterocycles. The molecular formula is C23H32N2OS2. The van der Waals surface area contributed by atoms with Crippen LogP contribution in [0.15, 0.2) is 29.6 Å². The Bertz CT molecular complexity index is 853. The van der Waals surface area contributed by atoms with Crippen LogP contribution in [-0.2, 0) is 4.79 Å². The van der Waals surface area contributed by atoms with Gasteiger partial charge in [-0.1, -0.05) is 38.0 Å². The first-order valence-corrected chi connectivity index (χ1v) is 12.3. The van der Waals surface area contributed by atoms with Gasteiger partial charge in [-0.2, -0.15) is 0 Å². The van der Waals surface area contributed by atoms with Crippen molar-refractivity contribution in [2.45, 2.75) is 75.3 Å². The molecule has 152 valence electrons. The molecule has 1 aromatic carbocycles. The summed E-state index contributed by atoms with van der Waals surface area (Å²) in [7, 11) is 0. The molecule has 2 saturated heterocycles. The van der Waals surface area contributed by atoms with Gasteiger partial charge in [0.25, 0.3) is 5.91 Å². The van der Waals surface area contributed by atoms with Crippen LogP contribution < -0.4 is 0 Å². The average molecular weight is 417 g/mol. The van der Waals surface area contributed by atoms with E-state index in [2.05, 4.69) is 67.4 Å². The second kappa shape index (κ2) is 7.66. The molecule has 1 amide bonds. The summed E-state index contributed by atoms with van der Waals surface area (Å²) < 4.78 is 1.06. The lowest BCUT2D eigenvalue weighted by Crippen LogP contribution is -2.56. The highest BCUT2D eigenvalue weighted by molar-refractivity contribution is 8.03. The highest BCUT2D eigenvalue weighted by Gasteiger charge is 2.55. The maximum absolute atomic E-state index is 13.3. The van der Waals surface area contributed by atoms with Gasteiger partial charge in [0.2, 0.25) is 0 Å². The maximum atomic E-state index is 13.3. The molecule has 1 aromatic heterocycles. The van der Waals surface area contributed by atoms with E-state index in [0.717, 1.165) is 32.4 Å². The van der Waals surface area contributed by atoms with Crippen LogP contribution in [0.2, 0.25) is 0 Å². The van der Waals surface area contributed by atoms with Crippen molar-refractivity contribution in [2.24, 2.45) is 0 Å². The molecule has 2 aromatic rings. The summed E-state index contributed by atoms with van der Waals surface area (Å²) in [6.07, 6.45) is 5.66. The molecule has 4 rings (SSSR count). The van der Waals surface area contributed by atoms with E-state index in [-0.39, 0.29) is 15.5 Å². The molecule has 0 saturated carbocycles. The molecule has 0 aliphatic carbocycles. The molecule has 1 unspecified atom stereocenters. The summed E-state index contributed by atoms with van der Waals surface area (Å²) in [5.41, 5.74) is 1.51. The Hall–Kier alpha value is -1.04. The third-order valence-corrected chi connectivity index (χ3v) is 8.81. The van der Waals surface area contributed by atoms with Crippen LogP contribution in [0.5, 0.6) is 0 Å². The normalized spacial score (nSPS) is 26.4. The molecule has 5 heteroatoms. The molecule has 2 aliphatic heterocycles. The Kier molecular flexibility index (Phi) is 5.54. The van der Waals surface area contributed by atoms with E-state index in [1.54, 1.807) is 0 Å². The number of fused-ring (bicyclic) bond motifs is 1. The number of thiophene rings is 1. The van der Waals surface area contributed by atoms with Gasteiger partial charge in [-0.15, -0.1) is 23.1 Å². The minimum Gasteiger partial charge on any atom is -0.272 e. The van der Waals surface area contributed by atoms with E-state index >= 15 is 0 Å². The van der Waals surface area contributed by atoms with Gasteiger partial charge in [0.15, 0.2) is 0 Å². The Labute approximate surface area is 177 Å². The zero-order valence-electron chi connectivity index (χ0n) is 17.5. The fraction of sp³-hybridized carbons (Fsp3) is 0.609. The lowest BCUT2D eigenvalue weighted by molar-refractivity contribution is -0.159. The summed E-state index contributed by atoms with van der Waals surface area (Å²) in [5, 5.41) is 8.30. The first kappa shape index (κ1) is 20.2. The molecule has 0 N–H and O–H groups in total. The highest BCUT2D eigenvalue weighted by Crippen LogP contribution is 2.51. The van der Waals surface area contributed by atoms with E-state index < -0.39 is 0 Å². The van der Waals surface area contributed by atoms with Crippen molar-refractivity contribution in [2.75, 3.05) is 13.1 Å². The van der Waals surface area contributed by atoms with E-state index in [9.17, 15) is 4.79 Å². The predicted molar refractivity (Wildman–Crippen MR) is 122 cm³/mol. The van der Waals surface area contributed by atoms with Crippen LogP contribution in [0.3, 0.4) is 0 Å². The SMILES string of the molecule is CCCCC1(C)SC(C)(C)C(=O)N1N1CCC(c2csc3ccccc23)CC1. The third-order valence-electron chi connectivity index (χ3n) is 6.33. The highest BCUT2D eigenvalue weighted by atomic mass is 32.2. The van der Waals surface area contributed by atoms with Crippen molar-refractivity contribution in [3.05, 3.63) is 35.2 Å². The molecule has 28 heavy (non-hydrogen) atoms. The van der Waals surface area contributed by atoms with Gasteiger partial charge in [-0.3, -0.25) is 9.80 Å². The molecule has 2 fully saturated rings. The zero-order valence-corrected chi connectivity index (χ0v) is 19.2. The number of hydrogen-bond acceptors (Lipinski definition) is 4. The van der Waals surface area contributed by atoms with E-state index in [1.165, 1.54) is 28.5 Å². The van der Waals surface area contributed by atoms with Crippen LogP contribution in [-0.4, -0.2) is 38.6 Å². The lowest BCUT2D eigenvalue weighted by atomic mass is 9.89. The van der Waals surface area contributed by atoms with Crippen molar-refractivity contribution in [1.29, 1.82) is 0 Å². The molecule has 0 bridgehead atoms. The number of rotatable bonds is 5. The summed E-state index contributed by atoms with van der Waals surface area (Å²) in [5.74, 6) is 0.892. The summed E-state index contributed by atoms with van der Waals surface area (Å²) in [6, 6.07) is 8.76. The number of nitrogens with zero attached hydrogens (tertiary/aromatic N) is 2. The minimum absolute atomic E-state index is 0.113. The number of carbonyl (C=O) groups excluding carboxylic acids is 1. The first-order chi connectivity index (χ1) is 13.4. The van der Waals surface area contributed by atoms with Crippen LogP contribution in [0, 0.1) is 0 Å². The van der Waals surface area contributed by atoms with Crippen molar-refractivity contribution in [1.82, 2.24) is 10.0 Å². The van der Waals surface area contributed by atoms with Gasteiger partial charge in [0.1, 0.15) is 4.87 Å². The number of piperidine rings is 1. The quantitative estimate of drug-likeness (QED) is 0.575. The van der Waals surface area contributed by atoms with Gasteiger partial charge in [0.05, 0.1) is 4.75 Å². The smallest absolute Gasteiger partial charge is 0.253 e. The van der Waals surface area contributed by atoms with Crippen molar-refractivity contribution in [3.8, 4) is 0 Å². The van der Waals surface area contributed by atoms with Crippen LogP contribution in [0.4, 0.5) is 0 Å². The fourth-order valence-corrected chi connectivity index (χ4v) is 7.73. The van der Waals surface area contributed by atoms with Gasteiger partial charge in [0, 0.05) is 17.8 Å². The van der Waals surface area contributed by atoms with Crippen LogP contribution >= 0.6 is 23.1 Å². The molecule has 2 aliphatic rings. The summed E-state index contributed by atoms with van der Waals surface area (Å²) in [4.78, 5) is 13.1. The van der Waals surface area contributed by atoms with E-state index in [4.69, 9.17) is 0 Å². The monoisotopic (exact) mass is 416 g/mol. The van der Waals surface area contributed by atoms with Gasteiger partial charge in [-0.05, 0) is 68.3 Å². The topological polar surface area (TPSA) is 23.6 Å². The average Bonchev–Trinajstić information content (AvgIpc) is 3.17. The number of hydrogen-bond donors (Lipinski definition) is 0. The molecule has 0 spiro atoms. The molecular weight excluding hydrogens is 384 g/mol. The van der Waals surface area contributed by atoms with E-state index in [1.807, 2.05) is 23.1 Å². The number of thioether (sulfide) groups is 1. The van der Waals surface area contributed by atoms with Crippen molar-refractivity contribution in [3.63, 3.8) is 0 Å². The van der Waals surface area contributed by atoms with Crippen LogP contribution in [0.1, 0.15) is 71.3 Å². The molecule has 0 radical (unpaired) electrons. The number of benzene rings is 1. The zero-order chi connectivity index (χ0) is 19.9.